The summed E-state index contributed by atoms with van der Waals surface area (Å²) in [6.45, 7) is 0. The number of halogens is 3. The summed E-state index contributed by atoms with van der Waals surface area (Å²) in [4.78, 5) is 11.9. The molecule has 2 N–H and O–H groups in total. The molecular weight excluding hydrogens is 335 g/mol. The van der Waals surface area contributed by atoms with Crippen molar-refractivity contribution in [1.82, 2.24) is 5.32 Å². The number of carbonyl (C=O) groups excluding carboxylic acids is 1. The van der Waals surface area contributed by atoms with Crippen molar-refractivity contribution in [3.8, 4) is 11.5 Å². The van der Waals surface area contributed by atoms with Gasteiger partial charge in [0, 0.05) is 0 Å². The van der Waals surface area contributed by atoms with E-state index in [-0.39, 0.29) is 37.8 Å². The molecule has 4 nitrogen and oxygen atoms in total. The van der Waals surface area contributed by atoms with Crippen LogP contribution in [0, 0.1) is 5.41 Å². The molecular formula is C14H7Cl3N2O2. The van der Waals surface area contributed by atoms with E-state index in [1.807, 2.05) is 6.07 Å². The maximum absolute atomic E-state index is 11.9. The zero-order chi connectivity index (χ0) is 15.1. The molecule has 7 heteroatoms. The van der Waals surface area contributed by atoms with E-state index < -0.39 is 5.91 Å². The largest absolute Gasteiger partial charge is 0.454 e. The average Bonchev–Trinajstić information content (AvgIpc) is 2.77. The second-order valence-electron chi connectivity index (χ2n) is 4.27. The lowest BCUT2D eigenvalue weighted by molar-refractivity contribution is 0.0983. The first kappa shape index (κ1) is 14.2. The molecule has 21 heavy (non-hydrogen) atoms. The molecule has 0 unspecified atom stereocenters. The second kappa shape index (κ2) is 5.22. The van der Waals surface area contributed by atoms with Gasteiger partial charge < -0.3 is 10.1 Å². The van der Waals surface area contributed by atoms with Gasteiger partial charge >= 0.3 is 0 Å². The lowest BCUT2D eigenvalue weighted by Crippen LogP contribution is -2.20. The second-order valence-corrected chi connectivity index (χ2v) is 5.40. The summed E-state index contributed by atoms with van der Waals surface area (Å²) in [6.07, 6.45) is 0. The van der Waals surface area contributed by atoms with Crippen molar-refractivity contribution in [3.63, 3.8) is 0 Å². The van der Waals surface area contributed by atoms with Crippen LogP contribution in [0.25, 0.3) is 0 Å². The predicted molar refractivity (Wildman–Crippen MR) is 82.3 cm³/mol. The van der Waals surface area contributed by atoms with Gasteiger partial charge in [0.25, 0.3) is 5.91 Å². The molecule has 3 rings (SSSR count). The summed E-state index contributed by atoms with van der Waals surface area (Å²) in [5.41, 5.74) is 0.291. The summed E-state index contributed by atoms with van der Waals surface area (Å²) in [5.74, 6) is -0.0320. The lowest BCUT2D eigenvalue weighted by Gasteiger charge is -2.13. The Balaban J connectivity index is 2.19. The third-order valence-electron chi connectivity index (χ3n) is 2.96. The van der Waals surface area contributed by atoms with Crippen LogP contribution in [0.5, 0.6) is 11.5 Å². The van der Waals surface area contributed by atoms with Gasteiger partial charge in [-0.1, -0.05) is 53.0 Å². The third-order valence-corrected chi connectivity index (χ3v) is 4.16. The van der Waals surface area contributed by atoms with Crippen LogP contribution in [0.4, 0.5) is 0 Å². The highest BCUT2D eigenvalue weighted by Crippen LogP contribution is 2.46. The van der Waals surface area contributed by atoms with Crippen molar-refractivity contribution in [2.75, 3.05) is 0 Å². The molecule has 1 amide bonds. The minimum Gasteiger partial charge on any atom is -0.454 e. The first-order valence-electron chi connectivity index (χ1n) is 5.84. The molecule has 0 atom stereocenters. The van der Waals surface area contributed by atoms with Crippen molar-refractivity contribution in [1.29, 1.82) is 5.41 Å². The molecule has 0 bridgehead atoms. The van der Waals surface area contributed by atoms with Crippen LogP contribution in [0.1, 0.15) is 15.9 Å². The molecule has 0 spiro atoms. The minimum absolute atomic E-state index is 0.0306. The molecule has 1 aliphatic rings. The highest BCUT2D eigenvalue weighted by atomic mass is 35.5. The first-order chi connectivity index (χ1) is 10.0. The van der Waals surface area contributed by atoms with Crippen LogP contribution in [0.3, 0.4) is 0 Å². The van der Waals surface area contributed by atoms with E-state index in [0.29, 0.717) is 5.75 Å². The summed E-state index contributed by atoms with van der Waals surface area (Å²) < 4.78 is 5.63. The topological polar surface area (TPSA) is 62.2 Å². The van der Waals surface area contributed by atoms with Gasteiger partial charge in [-0.05, 0) is 12.1 Å². The number of fused-ring (bicyclic) bond motifs is 1. The van der Waals surface area contributed by atoms with Gasteiger partial charge in [-0.25, -0.2) is 0 Å². The summed E-state index contributed by atoms with van der Waals surface area (Å²) >= 11 is 18.5. The van der Waals surface area contributed by atoms with Gasteiger partial charge in [-0.2, -0.15) is 0 Å². The number of benzene rings is 2. The van der Waals surface area contributed by atoms with Crippen LogP contribution >= 0.6 is 34.8 Å². The molecule has 2 aromatic carbocycles. The maximum atomic E-state index is 11.9. The van der Waals surface area contributed by atoms with Crippen molar-refractivity contribution in [3.05, 3.63) is 56.5 Å². The van der Waals surface area contributed by atoms with Crippen LogP contribution in [-0.2, 0) is 0 Å². The predicted octanol–water partition coefficient (Wildman–Crippen LogP) is 4.51. The van der Waals surface area contributed by atoms with E-state index in [0.717, 1.165) is 0 Å². The van der Waals surface area contributed by atoms with E-state index in [4.69, 9.17) is 44.9 Å². The number of rotatable bonds is 2. The van der Waals surface area contributed by atoms with Crippen molar-refractivity contribution < 1.29 is 9.53 Å². The fourth-order valence-corrected chi connectivity index (χ4v) is 2.89. The number of amides is 1. The fraction of sp³-hybridized carbons (Fsp3) is 0. The molecule has 0 radical (unpaired) electrons. The molecule has 0 saturated heterocycles. The van der Waals surface area contributed by atoms with E-state index >= 15 is 0 Å². The summed E-state index contributed by atoms with van der Waals surface area (Å²) in [7, 11) is 0. The Bertz CT molecular complexity index is 776. The normalized spacial score (nSPS) is 13.1. The van der Waals surface area contributed by atoms with Crippen molar-refractivity contribution in [2.24, 2.45) is 0 Å². The minimum atomic E-state index is -0.503. The van der Waals surface area contributed by atoms with Gasteiger partial charge in [-0.15, -0.1) is 0 Å². The Labute approximate surface area is 135 Å². The first-order valence-corrected chi connectivity index (χ1v) is 6.97. The molecule has 2 aromatic rings. The Morgan fingerprint density at radius 2 is 1.62 bits per heavy atom. The molecule has 1 heterocycles. The lowest BCUT2D eigenvalue weighted by atomic mass is 10.1. The Kier molecular flexibility index (Phi) is 3.53. The number of para-hydroxylation sites is 1. The van der Waals surface area contributed by atoms with Crippen LogP contribution in [-0.4, -0.2) is 11.7 Å². The van der Waals surface area contributed by atoms with Crippen LogP contribution < -0.4 is 10.1 Å². The number of hydrogen-bond donors (Lipinski definition) is 2. The van der Waals surface area contributed by atoms with Gasteiger partial charge in [-0.3, -0.25) is 10.2 Å². The fourth-order valence-electron chi connectivity index (χ4n) is 2.02. The zero-order valence-electron chi connectivity index (χ0n) is 10.3. The van der Waals surface area contributed by atoms with E-state index in [2.05, 4.69) is 5.32 Å². The number of carbonyl (C=O) groups is 1. The van der Waals surface area contributed by atoms with Gasteiger partial charge in [0.1, 0.15) is 16.6 Å². The van der Waals surface area contributed by atoms with Crippen LogP contribution in [0.2, 0.25) is 15.1 Å². The highest BCUT2D eigenvalue weighted by Gasteiger charge is 2.34. The number of hydrogen-bond acceptors (Lipinski definition) is 3. The quantitative estimate of drug-likeness (QED) is 0.790. The summed E-state index contributed by atoms with van der Waals surface area (Å²) in [6, 6.07) is 8.84. The zero-order valence-corrected chi connectivity index (χ0v) is 12.6. The van der Waals surface area contributed by atoms with E-state index in [1.54, 1.807) is 24.3 Å². The van der Waals surface area contributed by atoms with Crippen molar-refractivity contribution >= 4 is 46.5 Å². The van der Waals surface area contributed by atoms with Gasteiger partial charge in [0.15, 0.2) is 5.75 Å². The Morgan fingerprint density at radius 3 is 2.29 bits per heavy atom. The van der Waals surface area contributed by atoms with Gasteiger partial charge in [0.2, 0.25) is 0 Å². The molecule has 1 aliphatic heterocycles. The van der Waals surface area contributed by atoms with Gasteiger partial charge in [0.05, 0.1) is 21.2 Å². The van der Waals surface area contributed by atoms with E-state index in [1.165, 1.54) is 0 Å². The maximum Gasteiger partial charge on any atom is 0.259 e. The Hall–Kier alpha value is -1.75. The average molecular weight is 342 g/mol. The number of ether oxygens (including phenoxy) is 1. The highest BCUT2D eigenvalue weighted by molar-refractivity contribution is 6.49. The Morgan fingerprint density at radius 1 is 0.952 bits per heavy atom. The van der Waals surface area contributed by atoms with E-state index in [9.17, 15) is 4.79 Å². The van der Waals surface area contributed by atoms with Crippen LogP contribution in [0.15, 0.2) is 30.3 Å². The standard InChI is InChI=1S/C14H7Cl3N2O2/c15-9-7-8(14(20)19-13(7)18)10(16)12(11(9)17)21-6-4-2-1-3-5-6/h1-5H,(H2,18,19,20). The monoisotopic (exact) mass is 340 g/mol. The third kappa shape index (κ3) is 2.25. The smallest absolute Gasteiger partial charge is 0.259 e. The van der Waals surface area contributed by atoms with Crippen molar-refractivity contribution in [2.45, 2.75) is 0 Å². The number of nitrogens with one attached hydrogen (secondary N) is 2. The molecule has 0 fully saturated rings. The molecule has 106 valence electrons. The molecule has 0 aliphatic carbocycles. The number of amidine groups is 1. The molecule has 0 saturated carbocycles. The summed E-state index contributed by atoms with van der Waals surface area (Å²) in [5, 5.41) is 10.2. The molecule has 0 aromatic heterocycles. The SMILES string of the molecule is N=C1NC(=O)c2c(Cl)c(Oc3ccccc3)c(Cl)c(Cl)c21.